The van der Waals surface area contributed by atoms with E-state index in [0.717, 1.165) is 5.69 Å². The number of nitrogens with one attached hydrogen (secondary N) is 2. The summed E-state index contributed by atoms with van der Waals surface area (Å²) in [5.41, 5.74) is 2.45. The predicted molar refractivity (Wildman–Crippen MR) is 113 cm³/mol. The monoisotopic (exact) mass is 415 g/mol. The Hall–Kier alpha value is -4.27. The van der Waals surface area contributed by atoms with Gasteiger partial charge in [0.1, 0.15) is 22.4 Å². The molecule has 8 nitrogen and oxygen atoms in total. The van der Waals surface area contributed by atoms with E-state index in [9.17, 15) is 5.26 Å². The van der Waals surface area contributed by atoms with Crippen LogP contribution in [0.3, 0.4) is 0 Å². The number of hydrogen-bond acceptors (Lipinski definition) is 7. The SMILES string of the molecule is COc1ccc(Nc2nc3c(Cl)cnn3c(Nc3cccc(C#N)c3)c2C#N)cc1. The number of fused-ring (bicyclic) bond motifs is 1. The average Bonchev–Trinajstić information content (AvgIpc) is 3.15. The predicted octanol–water partition coefficient (Wildman–Crippen LogP) is 4.62. The fourth-order valence-electron chi connectivity index (χ4n) is 2.89. The maximum atomic E-state index is 9.89. The molecule has 2 aromatic carbocycles. The smallest absolute Gasteiger partial charge is 0.178 e. The molecule has 0 spiro atoms. The van der Waals surface area contributed by atoms with Crippen LogP contribution in [0.4, 0.5) is 23.0 Å². The Morgan fingerprint density at radius 1 is 1.03 bits per heavy atom. The van der Waals surface area contributed by atoms with Crippen molar-refractivity contribution in [2.24, 2.45) is 0 Å². The Kier molecular flexibility index (Phi) is 5.08. The van der Waals surface area contributed by atoms with Gasteiger partial charge in [0.05, 0.1) is 24.9 Å². The van der Waals surface area contributed by atoms with Gasteiger partial charge in [0.15, 0.2) is 17.3 Å². The molecule has 0 saturated carbocycles. The summed E-state index contributed by atoms with van der Waals surface area (Å²) in [5.74, 6) is 1.40. The van der Waals surface area contributed by atoms with Gasteiger partial charge in [-0.25, -0.2) is 4.98 Å². The third-order valence-electron chi connectivity index (χ3n) is 4.32. The zero-order valence-electron chi connectivity index (χ0n) is 15.7. The zero-order chi connectivity index (χ0) is 21.1. The summed E-state index contributed by atoms with van der Waals surface area (Å²) in [6.45, 7) is 0. The van der Waals surface area contributed by atoms with E-state index in [1.54, 1.807) is 43.5 Å². The third kappa shape index (κ3) is 3.55. The maximum Gasteiger partial charge on any atom is 0.178 e. The van der Waals surface area contributed by atoms with Crippen LogP contribution in [0.5, 0.6) is 5.75 Å². The van der Waals surface area contributed by atoms with Crippen LogP contribution < -0.4 is 15.4 Å². The minimum Gasteiger partial charge on any atom is -0.497 e. The van der Waals surface area contributed by atoms with Crippen molar-refractivity contribution in [1.82, 2.24) is 14.6 Å². The first-order chi connectivity index (χ1) is 14.6. The lowest BCUT2D eigenvalue weighted by Gasteiger charge is -2.15. The minimum absolute atomic E-state index is 0.237. The number of aromatic nitrogens is 3. The van der Waals surface area contributed by atoms with Crippen LogP contribution in [0.15, 0.2) is 54.7 Å². The van der Waals surface area contributed by atoms with E-state index in [2.05, 4.69) is 32.9 Å². The lowest BCUT2D eigenvalue weighted by Crippen LogP contribution is -2.08. The molecule has 0 aliphatic heterocycles. The number of rotatable bonds is 5. The molecule has 0 fully saturated rings. The number of nitriles is 2. The first kappa shape index (κ1) is 19.1. The highest BCUT2D eigenvalue weighted by Gasteiger charge is 2.19. The molecule has 2 N–H and O–H groups in total. The van der Waals surface area contributed by atoms with Crippen LogP contribution in [0.2, 0.25) is 5.02 Å². The van der Waals surface area contributed by atoms with Gasteiger partial charge < -0.3 is 15.4 Å². The van der Waals surface area contributed by atoms with Crippen molar-refractivity contribution >= 4 is 40.3 Å². The molecule has 0 radical (unpaired) electrons. The number of halogens is 1. The van der Waals surface area contributed by atoms with Crippen molar-refractivity contribution in [1.29, 1.82) is 10.5 Å². The van der Waals surface area contributed by atoms with Gasteiger partial charge in [0.25, 0.3) is 0 Å². The van der Waals surface area contributed by atoms with Crippen molar-refractivity contribution in [3.63, 3.8) is 0 Å². The molecule has 0 unspecified atom stereocenters. The van der Waals surface area contributed by atoms with Gasteiger partial charge >= 0.3 is 0 Å². The van der Waals surface area contributed by atoms with Gasteiger partial charge in [-0.3, -0.25) is 0 Å². The van der Waals surface area contributed by atoms with E-state index < -0.39 is 0 Å². The molecule has 4 rings (SSSR count). The topological polar surface area (TPSA) is 111 Å². The van der Waals surface area contributed by atoms with E-state index in [-0.39, 0.29) is 5.56 Å². The van der Waals surface area contributed by atoms with E-state index in [4.69, 9.17) is 21.6 Å². The third-order valence-corrected chi connectivity index (χ3v) is 4.59. The molecule has 0 amide bonds. The largest absolute Gasteiger partial charge is 0.497 e. The Morgan fingerprint density at radius 2 is 1.83 bits per heavy atom. The fourth-order valence-corrected chi connectivity index (χ4v) is 3.06. The van der Waals surface area contributed by atoms with Gasteiger partial charge in [-0.05, 0) is 42.5 Å². The van der Waals surface area contributed by atoms with Crippen LogP contribution >= 0.6 is 11.6 Å². The molecule has 146 valence electrons. The molecule has 9 heteroatoms. The van der Waals surface area contributed by atoms with Gasteiger partial charge in [-0.1, -0.05) is 17.7 Å². The first-order valence-electron chi connectivity index (χ1n) is 8.78. The van der Waals surface area contributed by atoms with Crippen LogP contribution in [-0.4, -0.2) is 21.7 Å². The highest BCUT2D eigenvalue weighted by atomic mass is 35.5. The number of nitrogens with zero attached hydrogens (tertiary/aromatic N) is 5. The number of hydrogen-bond donors (Lipinski definition) is 2. The summed E-state index contributed by atoms with van der Waals surface area (Å²) in [6.07, 6.45) is 1.46. The number of benzene rings is 2. The second kappa shape index (κ2) is 8.00. The summed E-state index contributed by atoms with van der Waals surface area (Å²) in [7, 11) is 1.59. The molecule has 0 aliphatic carbocycles. The molecule has 0 saturated heterocycles. The Morgan fingerprint density at radius 3 is 2.53 bits per heavy atom. The molecule has 4 aromatic rings. The highest BCUT2D eigenvalue weighted by Crippen LogP contribution is 2.31. The van der Waals surface area contributed by atoms with Crippen molar-refractivity contribution in [2.75, 3.05) is 17.7 Å². The molecular formula is C21H14ClN7O. The van der Waals surface area contributed by atoms with E-state index >= 15 is 0 Å². The number of anilines is 4. The Bertz CT molecular complexity index is 1320. The van der Waals surface area contributed by atoms with Crippen LogP contribution in [-0.2, 0) is 0 Å². The van der Waals surface area contributed by atoms with E-state index in [1.165, 1.54) is 10.7 Å². The fraction of sp³-hybridized carbons (Fsp3) is 0.0476. The summed E-state index contributed by atoms with van der Waals surface area (Å²) in [5, 5.41) is 29.9. The van der Waals surface area contributed by atoms with Crippen LogP contribution in [0, 0.1) is 22.7 Å². The quantitative estimate of drug-likeness (QED) is 0.489. The second-order valence-electron chi connectivity index (χ2n) is 6.19. The average molecular weight is 416 g/mol. The van der Waals surface area contributed by atoms with Crippen molar-refractivity contribution in [3.8, 4) is 17.9 Å². The lowest BCUT2D eigenvalue weighted by atomic mass is 10.2. The molecule has 2 heterocycles. The van der Waals surface area contributed by atoms with Crippen molar-refractivity contribution < 1.29 is 4.74 Å². The molecule has 2 aromatic heterocycles. The summed E-state index contributed by atoms with van der Waals surface area (Å²) in [4.78, 5) is 4.49. The molecule has 0 atom stereocenters. The van der Waals surface area contributed by atoms with Crippen LogP contribution in [0.1, 0.15) is 11.1 Å². The highest BCUT2D eigenvalue weighted by molar-refractivity contribution is 6.33. The molecular weight excluding hydrogens is 402 g/mol. The Balaban J connectivity index is 1.83. The summed E-state index contributed by atoms with van der Waals surface area (Å²) < 4.78 is 6.63. The van der Waals surface area contributed by atoms with Crippen LogP contribution in [0.25, 0.3) is 5.65 Å². The standard InChI is InChI=1S/C21H14ClN7O/c1-30-16-7-5-14(6-8-16)26-19-17(11-24)20(29-21(28-19)18(22)12-25-29)27-15-4-2-3-13(9-15)10-23/h2-9,12,27H,1H3,(H,26,28). The van der Waals surface area contributed by atoms with Gasteiger partial charge in [-0.2, -0.15) is 20.1 Å². The number of methoxy groups -OCH3 is 1. The lowest BCUT2D eigenvalue weighted by molar-refractivity contribution is 0.415. The maximum absolute atomic E-state index is 9.89. The normalized spacial score (nSPS) is 10.3. The molecule has 0 bridgehead atoms. The molecule has 0 aliphatic rings. The van der Waals surface area contributed by atoms with E-state index in [1.807, 2.05) is 12.1 Å². The summed E-state index contributed by atoms with van der Waals surface area (Å²) in [6, 6.07) is 18.4. The van der Waals surface area contributed by atoms with E-state index in [0.29, 0.717) is 39.3 Å². The number of ether oxygens (including phenoxy) is 1. The van der Waals surface area contributed by atoms with Crippen molar-refractivity contribution in [3.05, 3.63) is 70.9 Å². The Labute approximate surface area is 176 Å². The van der Waals surface area contributed by atoms with Gasteiger partial charge in [0, 0.05) is 11.4 Å². The van der Waals surface area contributed by atoms with Gasteiger partial charge in [-0.15, -0.1) is 0 Å². The minimum atomic E-state index is 0.237. The first-order valence-corrected chi connectivity index (χ1v) is 9.16. The van der Waals surface area contributed by atoms with Gasteiger partial charge in [0.2, 0.25) is 0 Å². The zero-order valence-corrected chi connectivity index (χ0v) is 16.5. The van der Waals surface area contributed by atoms with Crippen molar-refractivity contribution in [2.45, 2.75) is 0 Å². The second-order valence-corrected chi connectivity index (χ2v) is 6.60. The molecule has 30 heavy (non-hydrogen) atoms. The summed E-state index contributed by atoms with van der Waals surface area (Å²) >= 11 is 6.26.